The minimum absolute atomic E-state index is 0. The maximum absolute atomic E-state index is 11.5. The molecule has 3 radical (unpaired) electrons. The fourth-order valence-corrected chi connectivity index (χ4v) is 5.00. The van der Waals surface area contributed by atoms with Crippen molar-refractivity contribution in [2.24, 2.45) is 5.92 Å². The summed E-state index contributed by atoms with van der Waals surface area (Å²) in [6, 6.07) is -0.653. The van der Waals surface area contributed by atoms with E-state index in [9.17, 15) is 18.6 Å². The molecule has 10 nitrogen and oxygen atoms in total. The standard InChI is InChI=1S/C7H15BO10P3.Y/c1-5-3-7(8)16-6(5)4-15-20(11,12)18-21(13,14)17-19(2,9)10;/h3,5-7H,4H2,1-2H3,(H,9,10)(H,11,12)(H,13,14);/q-1;/t5?,6-,7-;/m1./s1. The Morgan fingerprint density at radius 2 is 1.73 bits per heavy atom. The van der Waals surface area contributed by atoms with Crippen molar-refractivity contribution in [1.29, 1.82) is 0 Å². The number of hydrogen-bond acceptors (Lipinski definition) is 7. The molecular weight excluding hydrogens is 437 g/mol. The average Bonchev–Trinajstić information content (AvgIpc) is 2.48. The molecule has 0 bridgehead atoms. The van der Waals surface area contributed by atoms with Crippen molar-refractivity contribution < 1.29 is 79.0 Å². The van der Waals surface area contributed by atoms with E-state index >= 15 is 0 Å². The van der Waals surface area contributed by atoms with Crippen LogP contribution < -0.4 is 0 Å². The predicted molar refractivity (Wildman–Crippen MR) is 71.4 cm³/mol. The van der Waals surface area contributed by atoms with Gasteiger partial charge in [0.05, 0.1) is 20.6 Å². The van der Waals surface area contributed by atoms with Gasteiger partial charge in [-0.1, -0.05) is 12.9 Å². The fraction of sp³-hybridized carbons (Fsp3) is 0.857. The summed E-state index contributed by atoms with van der Waals surface area (Å²) < 4.78 is 50.9. The predicted octanol–water partition coefficient (Wildman–Crippen LogP) is 0.783. The van der Waals surface area contributed by atoms with Gasteiger partial charge in [-0.05, 0) is 0 Å². The van der Waals surface area contributed by atoms with Crippen LogP contribution in [0.1, 0.15) is 6.92 Å². The summed E-state index contributed by atoms with van der Waals surface area (Å²) >= 11 is 0. The molecule has 0 spiro atoms. The van der Waals surface area contributed by atoms with Crippen molar-refractivity contribution in [2.45, 2.75) is 19.0 Å². The van der Waals surface area contributed by atoms with Gasteiger partial charge in [-0.3, -0.25) is 9.09 Å². The van der Waals surface area contributed by atoms with Gasteiger partial charge < -0.3 is 25.8 Å². The van der Waals surface area contributed by atoms with Gasteiger partial charge in [0, 0.05) is 39.4 Å². The molecule has 1 rings (SSSR count). The van der Waals surface area contributed by atoms with Crippen LogP contribution in [0.4, 0.5) is 0 Å². The molecule has 1 aliphatic rings. The first-order valence-electron chi connectivity index (χ1n) is 5.59. The van der Waals surface area contributed by atoms with Crippen LogP contribution in [0.15, 0.2) is 0 Å². The molecule has 0 saturated carbocycles. The van der Waals surface area contributed by atoms with Crippen molar-refractivity contribution >= 4 is 31.1 Å². The third-order valence-electron chi connectivity index (χ3n) is 2.27. The normalized spacial score (nSPS) is 33.2. The van der Waals surface area contributed by atoms with Crippen molar-refractivity contribution in [2.75, 3.05) is 13.3 Å². The monoisotopic (exact) mass is 452 g/mol. The van der Waals surface area contributed by atoms with Gasteiger partial charge in [-0.25, -0.2) is 13.4 Å². The molecule has 1 heterocycles. The molecule has 6 atom stereocenters. The number of phosphoric acid groups is 2. The molecule has 0 amide bonds. The van der Waals surface area contributed by atoms with Crippen LogP contribution >= 0.6 is 23.2 Å². The molecule has 1 fully saturated rings. The Labute approximate surface area is 154 Å². The summed E-state index contributed by atoms with van der Waals surface area (Å²) in [5.41, 5.74) is 0. The summed E-state index contributed by atoms with van der Waals surface area (Å²) in [6.07, 6.45) is 0.995. The van der Waals surface area contributed by atoms with Crippen LogP contribution in [0, 0.1) is 12.3 Å². The first-order valence-corrected chi connectivity index (χ1v) is 10.6. The molecule has 1 aliphatic heterocycles. The van der Waals surface area contributed by atoms with Gasteiger partial charge in [0.15, 0.2) is 0 Å². The Balaban J connectivity index is 0.00000441. The minimum Gasteiger partial charge on any atom is -0.415 e. The average molecular weight is 452 g/mol. The molecule has 1 saturated heterocycles. The zero-order valence-corrected chi connectivity index (χ0v) is 17.2. The van der Waals surface area contributed by atoms with E-state index in [1.807, 2.05) is 0 Å². The van der Waals surface area contributed by atoms with Gasteiger partial charge in [0.2, 0.25) is 0 Å². The smallest absolute Gasteiger partial charge is 0.415 e. The van der Waals surface area contributed by atoms with E-state index in [0.717, 1.165) is 0 Å². The fourth-order valence-electron chi connectivity index (χ4n) is 1.51. The van der Waals surface area contributed by atoms with E-state index in [0.29, 0.717) is 6.66 Å². The maximum Gasteiger partial charge on any atom is 0.488 e. The van der Waals surface area contributed by atoms with Gasteiger partial charge in [0.1, 0.15) is 0 Å². The second-order valence-corrected chi connectivity index (χ2v) is 9.43. The molecule has 22 heavy (non-hydrogen) atoms. The SMILES string of the molecule is [B][C@H]1[CH-]C(C)[C@@H](COP(=O)(O)OP(=O)(O)OP(C)(=O)O)O1.[Y]. The van der Waals surface area contributed by atoms with Crippen LogP contribution in [-0.4, -0.2) is 47.9 Å². The summed E-state index contributed by atoms with van der Waals surface area (Å²) in [7, 11) is -9.19. The van der Waals surface area contributed by atoms with Crippen molar-refractivity contribution in [3.63, 3.8) is 0 Å². The van der Waals surface area contributed by atoms with Gasteiger partial charge in [0.25, 0.3) is 0 Å². The van der Waals surface area contributed by atoms with E-state index in [4.69, 9.17) is 22.4 Å². The molecule has 0 aromatic heterocycles. The Hall–Kier alpha value is 1.58. The Morgan fingerprint density at radius 1 is 1.18 bits per heavy atom. The second kappa shape index (κ2) is 8.79. The van der Waals surface area contributed by atoms with Gasteiger partial charge in [-0.15, -0.1) is 5.92 Å². The zero-order chi connectivity index (χ0) is 16.5. The number of rotatable bonds is 7. The van der Waals surface area contributed by atoms with Gasteiger partial charge in [-0.2, -0.15) is 4.31 Å². The molecule has 125 valence electrons. The van der Waals surface area contributed by atoms with E-state index < -0.39 is 42.0 Å². The molecule has 0 aromatic rings. The zero-order valence-electron chi connectivity index (χ0n) is 11.7. The largest absolute Gasteiger partial charge is 0.488 e. The van der Waals surface area contributed by atoms with Crippen LogP contribution in [0.3, 0.4) is 0 Å². The molecule has 15 heteroatoms. The summed E-state index contributed by atoms with van der Waals surface area (Å²) in [5.74, 6) is -0.175. The molecule has 4 unspecified atom stereocenters. The summed E-state index contributed by atoms with van der Waals surface area (Å²) in [6.45, 7) is 1.89. The quantitative estimate of drug-likeness (QED) is 0.288. The Morgan fingerprint density at radius 3 is 2.14 bits per heavy atom. The van der Waals surface area contributed by atoms with Gasteiger partial charge >= 0.3 is 23.2 Å². The van der Waals surface area contributed by atoms with Crippen molar-refractivity contribution in [3.8, 4) is 0 Å². The Kier molecular flexibility index (Phi) is 9.42. The van der Waals surface area contributed by atoms with Crippen LogP contribution in [-0.2, 0) is 64.3 Å². The van der Waals surface area contributed by atoms with Crippen LogP contribution in [0.5, 0.6) is 0 Å². The van der Waals surface area contributed by atoms with E-state index in [2.05, 4.69) is 13.1 Å². The minimum atomic E-state index is -5.25. The topological polar surface area (TPSA) is 149 Å². The van der Waals surface area contributed by atoms with E-state index in [1.54, 1.807) is 13.3 Å². The Bertz CT molecular complexity index is 511. The van der Waals surface area contributed by atoms with E-state index in [-0.39, 0.29) is 38.6 Å². The number of hydrogen-bond donors (Lipinski definition) is 3. The van der Waals surface area contributed by atoms with Crippen molar-refractivity contribution in [1.82, 2.24) is 0 Å². The summed E-state index contributed by atoms with van der Waals surface area (Å²) in [5, 5.41) is 0. The molecule has 0 aliphatic carbocycles. The molecule has 3 N–H and O–H groups in total. The molecular formula is C7H15BO10P3Y-. The number of ether oxygens (including phenoxy) is 1. The first kappa shape index (κ1) is 23.6. The summed E-state index contributed by atoms with van der Waals surface area (Å²) in [4.78, 5) is 27.2. The maximum atomic E-state index is 11.5. The third-order valence-corrected chi connectivity index (χ3v) is 6.44. The first-order chi connectivity index (χ1) is 9.30. The number of phosphoric ester groups is 1. The van der Waals surface area contributed by atoms with E-state index in [1.165, 1.54) is 0 Å². The third kappa shape index (κ3) is 9.16. The van der Waals surface area contributed by atoms with Crippen LogP contribution in [0.2, 0.25) is 0 Å². The molecule has 0 aromatic carbocycles. The van der Waals surface area contributed by atoms with Crippen LogP contribution in [0.25, 0.3) is 0 Å². The van der Waals surface area contributed by atoms with Crippen molar-refractivity contribution in [3.05, 3.63) is 6.42 Å². The second-order valence-electron chi connectivity index (χ2n) is 4.39.